The summed E-state index contributed by atoms with van der Waals surface area (Å²) in [7, 11) is 0. The van der Waals surface area contributed by atoms with Gasteiger partial charge in [0.1, 0.15) is 48.8 Å². The van der Waals surface area contributed by atoms with Crippen LogP contribution >= 0.6 is 0 Å². The number of amides is 1. The lowest BCUT2D eigenvalue weighted by Crippen LogP contribution is -2.65. The van der Waals surface area contributed by atoms with Crippen molar-refractivity contribution in [1.29, 1.82) is 0 Å². The first-order valence-corrected chi connectivity index (χ1v) is 36.8. The fraction of sp³-hybridized carbons (Fsp3) is 0.803. The second kappa shape index (κ2) is 59.9. The summed E-state index contributed by atoms with van der Waals surface area (Å²) in [6.45, 7) is 2.70. The maximum absolute atomic E-state index is 13.4. The minimum Gasteiger partial charge on any atom is -0.394 e. The summed E-state index contributed by atoms with van der Waals surface area (Å²) in [5, 5.41) is 87.5. The SMILES string of the molecule is CC/C=C\C/C=C\C/C=C\C/C=C\C/C=C\CCCCCCCCCCCCCCCC(=O)NC(COC1OC(CO)C(OC2OC(CO)C(O)C(O)C2O)C(O)C1O)C(O)/C=C/CC/C=C/CCCCCCCCCCCCCCCCCCCCCCC. The number of aliphatic hydroxyl groups excluding tert-OH is 8. The largest absolute Gasteiger partial charge is 0.394 e. The maximum Gasteiger partial charge on any atom is 0.220 e. The van der Waals surface area contributed by atoms with Crippen LogP contribution in [0.25, 0.3) is 0 Å². The van der Waals surface area contributed by atoms with Crippen LogP contribution in [-0.4, -0.2) is 140 Å². The van der Waals surface area contributed by atoms with Crippen LogP contribution in [0.2, 0.25) is 0 Å². The van der Waals surface area contributed by atoms with Crippen LogP contribution in [0, 0.1) is 0 Å². The van der Waals surface area contributed by atoms with Gasteiger partial charge in [-0.25, -0.2) is 0 Å². The van der Waals surface area contributed by atoms with E-state index in [1.165, 1.54) is 193 Å². The zero-order valence-corrected chi connectivity index (χ0v) is 56.9. The van der Waals surface area contributed by atoms with Crippen LogP contribution in [0.4, 0.5) is 0 Å². The Morgan fingerprint density at radius 1 is 0.411 bits per heavy atom. The topological polar surface area (TPSA) is 228 Å². The summed E-state index contributed by atoms with van der Waals surface area (Å²) in [5.74, 6) is -0.250. The second-order valence-corrected chi connectivity index (χ2v) is 25.7. The summed E-state index contributed by atoms with van der Waals surface area (Å²) in [6.07, 6.45) is 66.4. The van der Waals surface area contributed by atoms with Gasteiger partial charge in [0.2, 0.25) is 5.91 Å². The highest BCUT2D eigenvalue weighted by Crippen LogP contribution is 2.30. The van der Waals surface area contributed by atoms with Gasteiger partial charge in [-0.3, -0.25) is 4.79 Å². The molecule has 0 aromatic heterocycles. The number of carbonyl (C=O) groups is 1. The molecule has 2 rings (SSSR count). The van der Waals surface area contributed by atoms with Gasteiger partial charge in [0.15, 0.2) is 12.6 Å². The van der Waals surface area contributed by atoms with E-state index in [-0.39, 0.29) is 18.9 Å². The molecular weight excluding hydrogens is 1130 g/mol. The van der Waals surface area contributed by atoms with Crippen molar-refractivity contribution in [3.8, 4) is 0 Å². The summed E-state index contributed by atoms with van der Waals surface area (Å²) in [5.41, 5.74) is 0. The monoisotopic (exact) mass is 1270 g/mol. The van der Waals surface area contributed by atoms with Crippen LogP contribution in [0.3, 0.4) is 0 Å². The van der Waals surface area contributed by atoms with Crippen molar-refractivity contribution in [1.82, 2.24) is 5.32 Å². The number of aliphatic hydroxyl groups is 8. The molecule has 0 aromatic carbocycles. The Bertz CT molecular complexity index is 1830. The van der Waals surface area contributed by atoms with Crippen molar-refractivity contribution < 1.29 is 64.6 Å². The van der Waals surface area contributed by atoms with E-state index in [0.717, 1.165) is 70.6 Å². The zero-order valence-electron chi connectivity index (χ0n) is 56.9. The molecule has 0 aromatic rings. The zero-order chi connectivity index (χ0) is 65.2. The van der Waals surface area contributed by atoms with Crippen molar-refractivity contribution in [3.05, 3.63) is 85.1 Å². The molecule has 0 bridgehead atoms. The summed E-state index contributed by atoms with van der Waals surface area (Å²) >= 11 is 0. The molecule has 0 radical (unpaired) electrons. The molecule has 0 spiro atoms. The molecule has 2 saturated heterocycles. The van der Waals surface area contributed by atoms with Crippen molar-refractivity contribution in [2.75, 3.05) is 19.8 Å². The third kappa shape index (κ3) is 43.2. The predicted octanol–water partition coefficient (Wildman–Crippen LogP) is 15.6. The molecular formula is C76H135NO13. The second-order valence-electron chi connectivity index (χ2n) is 25.7. The Morgan fingerprint density at radius 2 is 0.778 bits per heavy atom. The fourth-order valence-corrected chi connectivity index (χ4v) is 11.7. The molecule has 12 atom stereocenters. The number of rotatable bonds is 60. The first kappa shape index (κ1) is 83.3. The van der Waals surface area contributed by atoms with Gasteiger partial charge in [-0.15, -0.1) is 0 Å². The van der Waals surface area contributed by atoms with Crippen LogP contribution in [0.5, 0.6) is 0 Å². The molecule has 14 nitrogen and oxygen atoms in total. The van der Waals surface area contributed by atoms with Gasteiger partial charge in [0, 0.05) is 6.42 Å². The smallest absolute Gasteiger partial charge is 0.220 e. The lowest BCUT2D eigenvalue weighted by atomic mass is 9.97. The molecule has 0 saturated carbocycles. The third-order valence-electron chi connectivity index (χ3n) is 17.6. The molecule has 90 heavy (non-hydrogen) atoms. The number of hydrogen-bond acceptors (Lipinski definition) is 13. The van der Waals surface area contributed by atoms with Gasteiger partial charge in [-0.05, 0) is 77.0 Å². The van der Waals surface area contributed by atoms with Crippen LogP contribution < -0.4 is 5.32 Å². The highest BCUT2D eigenvalue weighted by Gasteiger charge is 2.51. The Balaban J connectivity index is 1.68. The average molecular weight is 1270 g/mol. The first-order valence-electron chi connectivity index (χ1n) is 36.8. The van der Waals surface area contributed by atoms with Gasteiger partial charge >= 0.3 is 0 Å². The van der Waals surface area contributed by atoms with Crippen molar-refractivity contribution in [2.45, 2.75) is 370 Å². The molecule has 2 fully saturated rings. The van der Waals surface area contributed by atoms with E-state index < -0.39 is 86.8 Å². The van der Waals surface area contributed by atoms with E-state index in [1.807, 2.05) is 6.08 Å². The first-order chi connectivity index (χ1) is 44.1. The Kier molecular flexibility index (Phi) is 55.4. The molecule has 2 heterocycles. The fourth-order valence-electron chi connectivity index (χ4n) is 11.7. The third-order valence-corrected chi connectivity index (χ3v) is 17.6. The van der Waals surface area contributed by atoms with Crippen LogP contribution in [-0.2, 0) is 23.7 Å². The van der Waals surface area contributed by atoms with E-state index in [0.29, 0.717) is 12.8 Å². The number of carbonyl (C=O) groups excluding carboxylic acids is 1. The highest BCUT2D eigenvalue weighted by molar-refractivity contribution is 5.76. The van der Waals surface area contributed by atoms with Crippen molar-refractivity contribution in [2.24, 2.45) is 0 Å². The van der Waals surface area contributed by atoms with Gasteiger partial charge < -0.3 is 65.1 Å². The number of hydrogen-bond donors (Lipinski definition) is 9. The number of ether oxygens (including phenoxy) is 4. The van der Waals surface area contributed by atoms with Crippen LogP contribution in [0.15, 0.2) is 85.1 Å². The standard InChI is InChI=1S/C76H135NO13/c1-3-5-7-9-11-13-15-17-19-21-23-25-27-29-31-32-34-36-38-40-42-44-46-48-50-52-54-56-58-60-68(81)77-64(63-87-75-73(86)71(84)74(67(62-79)89-75)90-76-72(85)70(83)69(82)66(61-78)88-76)65(80)59-57-55-53-51-49-47-45-43-41-39-37-35-33-30-28-26-24-22-20-18-16-14-12-10-8-6-4-2/h5,7,11,13,17,19,23,25,29,31,49,51,57,59,64-67,69-76,78-80,82-86H,3-4,6,8-10,12,14-16,18,20-22,24,26-28,30,32-48,50,52-56,58,60-63H2,1-2H3,(H,77,81)/b7-5-,13-11-,19-17-,25-23-,31-29-,51-49+,59-57+. The van der Waals surface area contributed by atoms with E-state index >= 15 is 0 Å². The van der Waals surface area contributed by atoms with E-state index in [1.54, 1.807) is 6.08 Å². The normalized spacial score (nSPS) is 23.4. The van der Waals surface area contributed by atoms with Gasteiger partial charge in [-0.2, -0.15) is 0 Å². The van der Waals surface area contributed by atoms with Crippen molar-refractivity contribution >= 4 is 5.91 Å². The molecule has 9 N–H and O–H groups in total. The quantitative estimate of drug-likeness (QED) is 0.0204. The van der Waals surface area contributed by atoms with E-state index in [9.17, 15) is 45.6 Å². The number of nitrogens with one attached hydrogen (secondary N) is 1. The summed E-state index contributed by atoms with van der Waals surface area (Å²) in [4.78, 5) is 13.4. The molecule has 1 amide bonds. The molecule has 522 valence electrons. The van der Waals surface area contributed by atoms with Gasteiger partial charge in [0.25, 0.3) is 0 Å². The maximum atomic E-state index is 13.4. The molecule has 2 aliphatic heterocycles. The highest BCUT2D eigenvalue weighted by atomic mass is 16.7. The van der Waals surface area contributed by atoms with E-state index in [2.05, 4.69) is 92.1 Å². The molecule has 2 aliphatic rings. The minimum atomic E-state index is -1.79. The molecule has 0 aliphatic carbocycles. The lowest BCUT2D eigenvalue weighted by molar-refractivity contribution is -0.359. The lowest BCUT2D eigenvalue weighted by Gasteiger charge is -2.46. The van der Waals surface area contributed by atoms with E-state index in [4.69, 9.17) is 18.9 Å². The van der Waals surface area contributed by atoms with Crippen LogP contribution in [0.1, 0.15) is 296 Å². The predicted molar refractivity (Wildman–Crippen MR) is 369 cm³/mol. The Hall–Kier alpha value is -2.83. The summed E-state index contributed by atoms with van der Waals surface area (Å²) < 4.78 is 22.9. The average Bonchev–Trinajstić information content (AvgIpc) is 1.26. The number of allylic oxidation sites excluding steroid dienone is 13. The summed E-state index contributed by atoms with van der Waals surface area (Å²) in [6, 6.07) is -0.938. The number of unbranched alkanes of at least 4 members (excludes halogenated alkanes) is 35. The molecule has 12 unspecified atom stereocenters. The van der Waals surface area contributed by atoms with Gasteiger partial charge in [-0.1, -0.05) is 298 Å². The van der Waals surface area contributed by atoms with Gasteiger partial charge in [0.05, 0.1) is 32.0 Å². The van der Waals surface area contributed by atoms with Crippen molar-refractivity contribution in [3.63, 3.8) is 0 Å². The Labute approximate surface area is 548 Å². The Morgan fingerprint density at radius 3 is 1.22 bits per heavy atom. The minimum absolute atomic E-state index is 0.250. The molecule has 14 heteroatoms.